The summed E-state index contributed by atoms with van der Waals surface area (Å²) in [6, 6.07) is 5.83. The standard InChI is InChI=1S/C10H6BrF3O2/c11-7-3-1-6(2-4-7)5-8(9(15)16)10(12,13)14/h1-5H,(H,15,16)/b8-5-. The Hall–Kier alpha value is -1.30. The third-order valence-electron chi connectivity index (χ3n) is 1.72. The Morgan fingerprint density at radius 2 is 1.75 bits per heavy atom. The van der Waals surface area contributed by atoms with Crippen molar-refractivity contribution in [1.82, 2.24) is 0 Å². The normalized spacial score (nSPS) is 12.6. The number of carboxylic acids is 1. The maximum atomic E-state index is 12.3. The van der Waals surface area contributed by atoms with E-state index < -0.39 is 17.7 Å². The van der Waals surface area contributed by atoms with E-state index in [1.807, 2.05) is 0 Å². The summed E-state index contributed by atoms with van der Waals surface area (Å²) in [6.07, 6.45) is -4.27. The highest BCUT2D eigenvalue weighted by molar-refractivity contribution is 9.10. The molecule has 0 unspecified atom stereocenters. The molecule has 0 fully saturated rings. The van der Waals surface area contributed by atoms with Crippen molar-refractivity contribution in [2.24, 2.45) is 0 Å². The van der Waals surface area contributed by atoms with Gasteiger partial charge in [0, 0.05) is 4.47 Å². The number of rotatable bonds is 2. The zero-order chi connectivity index (χ0) is 12.3. The minimum atomic E-state index is -4.86. The SMILES string of the molecule is O=C(O)/C(=C/c1ccc(Br)cc1)C(F)(F)F. The molecular weight excluding hydrogens is 289 g/mol. The fourth-order valence-electron chi connectivity index (χ4n) is 0.990. The average Bonchev–Trinajstić information content (AvgIpc) is 2.14. The summed E-state index contributed by atoms with van der Waals surface area (Å²) in [5, 5.41) is 8.43. The number of hydrogen-bond acceptors (Lipinski definition) is 1. The summed E-state index contributed by atoms with van der Waals surface area (Å²) in [5.74, 6) is -1.99. The van der Waals surface area contributed by atoms with Crippen molar-refractivity contribution in [3.8, 4) is 0 Å². The lowest BCUT2D eigenvalue weighted by atomic mass is 10.1. The van der Waals surface area contributed by atoms with E-state index in [0.29, 0.717) is 10.5 Å². The van der Waals surface area contributed by atoms with E-state index in [4.69, 9.17) is 5.11 Å². The van der Waals surface area contributed by atoms with Gasteiger partial charge < -0.3 is 5.11 Å². The van der Waals surface area contributed by atoms with Crippen LogP contribution < -0.4 is 0 Å². The molecule has 0 amide bonds. The number of benzene rings is 1. The molecule has 0 atom stereocenters. The van der Waals surface area contributed by atoms with Gasteiger partial charge >= 0.3 is 12.1 Å². The van der Waals surface area contributed by atoms with Gasteiger partial charge in [0.25, 0.3) is 0 Å². The van der Waals surface area contributed by atoms with Crippen LogP contribution in [0.2, 0.25) is 0 Å². The zero-order valence-corrected chi connectivity index (χ0v) is 9.34. The third-order valence-corrected chi connectivity index (χ3v) is 2.25. The second kappa shape index (κ2) is 4.69. The van der Waals surface area contributed by atoms with Crippen molar-refractivity contribution in [1.29, 1.82) is 0 Å². The lowest BCUT2D eigenvalue weighted by Crippen LogP contribution is -2.19. The molecule has 1 aromatic carbocycles. The van der Waals surface area contributed by atoms with Crippen molar-refractivity contribution in [3.63, 3.8) is 0 Å². The molecule has 1 rings (SSSR count). The molecule has 0 spiro atoms. The lowest BCUT2D eigenvalue weighted by Gasteiger charge is -2.06. The molecular formula is C10H6BrF3O2. The summed E-state index contributed by atoms with van der Waals surface area (Å²) in [6.45, 7) is 0. The van der Waals surface area contributed by atoms with Crippen LogP contribution in [0.25, 0.3) is 6.08 Å². The Kier molecular flexibility index (Phi) is 3.74. The Labute approximate surface area is 97.5 Å². The number of aliphatic carboxylic acids is 1. The molecule has 0 radical (unpaired) electrons. The van der Waals surface area contributed by atoms with Crippen molar-refractivity contribution >= 4 is 28.0 Å². The Morgan fingerprint density at radius 1 is 1.25 bits per heavy atom. The fraction of sp³-hybridized carbons (Fsp3) is 0.100. The predicted octanol–water partition coefficient (Wildman–Crippen LogP) is 3.48. The molecule has 0 saturated carbocycles. The molecule has 1 aromatic rings. The van der Waals surface area contributed by atoms with E-state index in [2.05, 4.69) is 15.9 Å². The van der Waals surface area contributed by atoms with Crippen LogP contribution in [-0.2, 0) is 4.79 Å². The summed E-state index contributed by atoms with van der Waals surface area (Å²) in [4.78, 5) is 10.4. The van der Waals surface area contributed by atoms with E-state index in [9.17, 15) is 18.0 Å². The van der Waals surface area contributed by atoms with E-state index in [0.717, 1.165) is 0 Å². The number of halogens is 4. The van der Waals surface area contributed by atoms with Gasteiger partial charge in [-0.15, -0.1) is 0 Å². The molecule has 1 N–H and O–H groups in total. The average molecular weight is 295 g/mol. The second-order valence-electron chi connectivity index (χ2n) is 2.91. The second-order valence-corrected chi connectivity index (χ2v) is 3.83. The molecule has 86 valence electrons. The molecule has 0 saturated heterocycles. The summed E-state index contributed by atoms with van der Waals surface area (Å²) in [7, 11) is 0. The minimum Gasteiger partial charge on any atom is -0.478 e. The van der Waals surface area contributed by atoms with Gasteiger partial charge in [-0.05, 0) is 23.8 Å². The van der Waals surface area contributed by atoms with Gasteiger partial charge in [0.1, 0.15) is 5.57 Å². The molecule has 6 heteroatoms. The van der Waals surface area contributed by atoms with Gasteiger partial charge in [0.15, 0.2) is 0 Å². The maximum absolute atomic E-state index is 12.3. The van der Waals surface area contributed by atoms with Crippen molar-refractivity contribution in [2.75, 3.05) is 0 Å². The van der Waals surface area contributed by atoms with E-state index in [-0.39, 0.29) is 5.56 Å². The zero-order valence-electron chi connectivity index (χ0n) is 7.75. The van der Waals surface area contributed by atoms with Gasteiger partial charge in [-0.1, -0.05) is 28.1 Å². The summed E-state index contributed by atoms with van der Waals surface area (Å²) < 4.78 is 37.5. The first-order valence-corrected chi connectivity index (χ1v) is 4.88. The van der Waals surface area contributed by atoms with Gasteiger partial charge in [0.2, 0.25) is 0 Å². The van der Waals surface area contributed by atoms with Crippen LogP contribution in [0.5, 0.6) is 0 Å². The third kappa shape index (κ3) is 3.37. The van der Waals surface area contributed by atoms with Crippen LogP contribution in [0.1, 0.15) is 5.56 Å². The number of carboxylic acid groups (broad SMARTS) is 1. The highest BCUT2D eigenvalue weighted by Crippen LogP contribution is 2.27. The van der Waals surface area contributed by atoms with E-state index in [1.165, 1.54) is 24.3 Å². The van der Waals surface area contributed by atoms with Gasteiger partial charge in [-0.25, -0.2) is 4.79 Å². The van der Waals surface area contributed by atoms with Gasteiger partial charge in [-0.3, -0.25) is 0 Å². The van der Waals surface area contributed by atoms with E-state index >= 15 is 0 Å². The van der Waals surface area contributed by atoms with Crippen LogP contribution in [0.4, 0.5) is 13.2 Å². The van der Waals surface area contributed by atoms with Crippen molar-refractivity contribution in [2.45, 2.75) is 6.18 Å². The van der Waals surface area contributed by atoms with E-state index in [1.54, 1.807) is 0 Å². The first-order valence-electron chi connectivity index (χ1n) is 4.08. The first kappa shape index (κ1) is 12.8. The number of carbonyl (C=O) groups is 1. The highest BCUT2D eigenvalue weighted by atomic mass is 79.9. The highest BCUT2D eigenvalue weighted by Gasteiger charge is 2.38. The number of hydrogen-bond donors (Lipinski definition) is 1. The van der Waals surface area contributed by atoms with Gasteiger partial charge in [-0.2, -0.15) is 13.2 Å². The number of alkyl halides is 3. The van der Waals surface area contributed by atoms with Crippen LogP contribution in [0.3, 0.4) is 0 Å². The first-order chi connectivity index (χ1) is 7.30. The summed E-state index contributed by atoms with van der Waals surface area (Å²) >= 11 is 3.12. The molecule has 0 aliphatic rings. The summed E-state index contributed by atoms with van der Waals surface area (Å²) in [5.41, 5.74) is -1.41. The topological polar surface area (TPSA) is 37.3 Å². The smallest absolute Gasteiger partial charge is 0.423 e. The Morgan fingerprint density at radius 3 is 2.12 bits per heavy atom. The van der Waals surface area contributed by atoms with Crippen LogP contribution in [0.15, 0.2) is 34.3 Å². The molecule has 0 heterocycles. The van der Waals surface area contributed by atoms with Crippen molar-refractivity contribution in [3.05, 3.63) is 39.9 Å². The molecule has 16 heavy (non-hydrogen) atoms. The molecule has 0 aliphatic heterocycles. The Balaban J connectivity index is 3.13. The molecule has 0 aromatic heterocycles. The molecule has 2 nitrogen and oxygen atoms in total. The Bertz CT molecular complexity index is 421. The van der Waals surface area contributed by atoms with Gasteiger partial charge in [0.05, 0.1) is 0 Å². The lowest BCUT2D eigenvalue weighted by molar-refractivity contribution is -0.144. The minimum absolute atomic E-state index is 0.179. The predicted molar refractivity (Wildman–Crippen MR) is 55.8 cm³/mol. The molecule has 0 aliphatic carbocycles. The largest absolute Gasteiger partial charge is 0.478 e. The van der Waals surface area contributed by atoms with Crippen LogP contribution in [-0.4, -0.2) is 17.3 Å². The van der Waals surface area contributed by atoms with Crippen LogP contribution >= 0.6 is 15.9 Å². The molecule has 0 bridgehead atoms. The van der Waals surface area contributed by atoms with Crippen molar-refractivity contribution < 1.29 is 23.1 Å². The fourth-order valence-corrected chi connectivity index (χ4v) is 1.25. The monoisotopic (exact) mass is 294 g/mol. The van der Waals surface area contributed by atoms with Crippen LogP contribution in [0, 0.1) is 0 Å². The maximum Gasteiger partial charge on any atom is 0.423 e. The quantitative estimate of drug-likeness (QED) is 0.848.